The van der Waals surface area contributed by atoms with Gasteiger partial charge in [0, 0.05) is 23.4 Å². The Kier molecular flexibility index (Phi) is 5.16. The number of aromatic nitrogens is 1. The maximum Gasteiger partial charge on any atom is 0.340 e. The van der Waals surface area contributed by atoms with Gasteiger partial charge in [0.15, 0.2) is 0 Å². The largest absolute Gasteiger partial charge is 0.465 e. The average Bonchev–Trinajstić information content (AvgIpc) is 2.99. The first-order valence-corrected chi connectivity index (χ1v) is 9.07. The molecule has 0 aliphatic rings. The van der Waals surface area contributed by atoms with Gasteiger partial charge in [-0.25, -0.2) is 4.79 Å². The minimum Gasteiger partial charge on any atom is -0.465 e. The number of carbonyl (C=O) groups is 1. The van der Waals surface area contributed by atoms with E-state index in [2.05, 4.69) is 23.3 Å². The number of pyridine rings is 1. The number of esters is 1. The molecule has 2 aromatic heterocycles. The van der Waals surface area contributed by atoms with Crippen molar-refractivity contribution in [1.29, 1.82) is 0 Å². The van der Waals surface area contributed by atoms with Gasteiger partial charge in [-0.1, -0.05) is 18.2 Å². The van der Waals surface area contributed by atoms with Crippen LogP contribution in [0.1, 0.15) is 32.1 Å². The molecule has 0 saturated heterocycles. The molecule has 0 unspecified atom stereocenters. The summed E-state index contributed by atoms with van der Waals surface area (Å²) in [5.41, 5.74) is 4.47. The molecule has 3 rings (SSSR count). The van der Waals surface area contributed by atoms with E-state index in [1.807, 2.05) is 38.2 Å². The molecule has 130 valence electrons. The van der Waals surface area contributed by atoms with E-state index in [0.29, 0.717) is 12.1 Å². The SMILES string of the molecule is COC(=O)c1c(CN(C)Cc2sccc2C)nc2ccccc2c1C. The quantitative estimate of drug-likeness (QED) is 0.640. The zero-order valence-corrected chi connectivity index (χ0v) is 15.8. The van der Waals surface area contributed by atoms with E-state index in [1.165, 1.54) is 17.6 Å². The smallest absolute Gasteiger partial charge is 0.340 e. The highest BCUT2D eigenvalue weighted by Crippen LogP contribution is 2.25. The Bertz CT molecular complexity index is 917. The van der Waals surface area contributed by atoms with Crippen LogP contribution >= 0.6 is 11.3 Å². The zero-order valence-electron chi connectivity index (χ0n) is 15.0. The van der Waals surface area contributed by atoms with Crippen LogP contribution in [0.15, 0.2) is 35.7 Å². The molecule has 1 aromatic carbocycles. The molecule has 0 radical (unpaired) electrons. The second kappa shape index (κ2) is 7.33. The Hall–Kier alpha value is -2.24. The van der Waals surface area contributed by atoms with Crippen molar-refractivity contribution in [3.05, 3.63) is 63.0 Å². The Morgan fingerprint density at radius 3 is 2.64 bits per heavy atom. The van der Waals surface area contributed by atoms with Crippen molar-refractivity contribution in [3.8, 4) is 0 Å². The van der Waals surface area contributed by atoms with Crippen molar-refractivity contribution in [2.75, 3.05) is 14.2 Å². The van der Waals surface area contributed by atoms with Gasteiger partial charge >= 0.3 is 5.97 Å². The van der Waals surface area contributed by atoms with Gasteiger partial charge in [0.2, 0.25) is 0 Å². The number of thiophene rings is 1. The molecule has 0 bridgehead atoms. The van der Waals surface area contributed by atoms with Crippen LogP contribution in [0.2, 0.25) is 0 Å². The maximum absolute atomic E-state index is 12.4. The molecule has 4 nitrogen and oxygen atoms in total. The molecule has 2 heterocycles. The predicted molar refractivity (Wildman–Crippen MR) is 102 cm³/mol. The number of ether oxygens (including phenoxy) is 1. The molecule has 3 aromatic rings. The summed E-state index contributed by atoms with van der Waals surface area (Å²) in [5.74, 6) is -0.327. The van der Waals surface area contributed by atoms with Crippen LogP contribution in [0.5, 0.6) is 0 Å². The van der Waals surface area contributed by atoms with E-state index in [-0.39, 0.29) is 5.97 Å². The van der Waals surface area contributed by atoms with Gasteiger partial charge in [-0.05, 0) is 49.5 Å². The third-order valence-corrected chi connectivity index (χ3v) is 5.43. The second-order valence-electron chi connectivity index (χ2n) is 6.27. The molecule has 0 amide bonds. The summed E-state index contributed by atoms with van der Waals surface area (Å²) in [4.78, 5) is 20.6. The number of benzene rings is 1. The van der Waals surface area contributed by atoms with Gasteiger partial charge in [0.1, 0.15) is 0 Å². The van der Waals surface area contributed by atoms with Gasteiger partial charge in [-0.3, -0.25) is 9.88 Å². The standard InChI is InChI=1S/C20H22N2O2S/c1-13-9-10-25-18(13)12-22(3)11-17-19(20(23)24-4)14(2)15-7-5-6-8-16(15)21-17/h5-10H,11-12H2,1-4H3. The lowest BCUT2D eigenvalue weighted by Crippen LogP contribution is -2.21. The summed E-state index contributed by atoms with van der Waals surface area (Å²) in [6.45, 7) is 5.51. The number of rotatable bonds is 5. The summed E-state index contributed by atoms with van der Waals surface area (Å²) < 4.78 is 5.02. The highest BCUT2D eigenvalue weighted by Gasteiger charge is 2.20. The lowest BCUT2D eigenvalue weighted by atomic mass is 10.0. The lowest BCUT2D eigenvalue weighted by molar-refractivity contribution is 0.0597. The summed E-state index contributed by atoms with van der Waals surface area (Å²) in [6.07, 6.45) is 0. The van der Waals surface area contributed by atoms with E-state index >= 15 is 0 Å². The van der Waals surface area contributed by atoms with E-state index in [4.69, 9.17) is 9.72 Å². The number of hydrogen-bond acceptors (Lipinski definition) is 5. The monoisotopic (exact) mass is 354 g/mol. The van der Waals surface area contributed by atoms with Crippen LogP contribution in [-0.4, -0.2) is 30.0 Å². The van der Waals surface area contributed by atoms with Crippen molar-refractivity contribution in [1.82, 2.24) is 9.88 Å². The molecule has 0 spiro atoms. The number of fused-ring (bicyclic) bond motifs is 1. The van der Waals surface area contributed by atoms with Crippen LogP contribution in [0, 0.1) is 13.8 Å². The number of carbonyl (C=O) groups excluding carboxylic acids is 1. The van der Waals surface area contributed by atoms with Gasteiger partial charge in [-0.15, -0.1) is 11.3 Å². The molecular weight excluding hydrogens is 332 g/mol. The minimum atomic E-state index is -0.327. The molecule has 0 aliphatic carbocycles. The van der Waals surface area contributed by atoms with Crippen molar-refractivity contribution >= 4 is 28.2 Å². The summed E-state index contributed by atoms with van der Waals surface area (Å²) in [5, 5.41) is 3.10. The maximum atomic E-state index is 12.4. The van der Waals surface area contributed by atoms with Crippen molar-refractivity contribution in [2.45, 2.75) is 26.9 Å². The van der Waals surface area contributed by atoms with Crippen LogP contribution in [-0.2, 0) is 17.8 Å². The summed E-state index contributed by atoms with van der Waals surface area (Å²) in [7, 11) is 3.46. The highest BCUT2D eigenvalue weighted by molar-refractivity contribution is 7.10. The molecule has 0 fully saturated rings. The van der Waals surface area contributed by atoms with E-state index in [1.54, 1.807) is 11.3 Å². The van der Waals surface area contributed by atoms with E-state index in [0.717, 1.165) is 28.7 Å². The number of hydrogen-bond donors (Lipinski definition) is 0. The number of nitrogens with zero attached hydrogens (tertiary/aromatic N) is 2. The van der Waals surface area contributed by atoms with Crippen LogP contribution in [0.3, 0.4) is 0 Å². The predicted octanol–water partition coefficient (Wildman–Crippen LogP) is 4.33. The van der Waals surface area contributed by atoms with Gasteiger partial charge in [-0.2, -0.15) is 0 Å². The van der Waals surface area contributed by atoms with Gasteiger partial charge < -0.3 is 4.74 Å². The molecule has 5 heteroatoms. The fourth-order valence-electron chi connectivity index (χ4n) is 3.05. The van der Waals surface area contributed by atoms with Crippen molar-refractivity contribution in [2.24, 2.45) is 0 Å². The third kappa shape index (κ3) is 3.57. The summed E-state index contributed by atoms with van der Waals surface area (Å²) >= 11 is 1.76. The topological polar surface area (TPSA) is 42.4 Å². The van der Waals surface area contributed by atoms with Crippen molar-refractivity contribution in [3.63, 3.8) is 0 Å². The number of aryl methyl sites for hydroxylation is 2. The first-order valence-electron chi connectivity index (χ1n) is 8.19. The zero-order chi connectivity index (χ0) is 18.0. The van der Waals surface area contributed by atoms with Gasteiger partial charge in [0.25, 0.3) is 0 Å². The molecule has 0 atom stereocenters. The van der Waals surface area contributed by atoms with Crippen LogP contribution in [0.4, 0.5) is 0 Å². The number of para-hydroxylation sites is 1. The van der Waals surface area contributed by atoms with Gasteiger partial charge in [0.05, 0.1) is 23.9 Å². The summed E-state index contributed by atoms with van der Waals surface area (Å²) in [6, 6.07) is 10.0. The Labute approximate surface area is 152 Å². The molecule has 0 aliphatic heterocycles. The lowest BCUT2D eigenvalue weighted by Gasteiger charge is -2.19. The third-order valence-electron chi connectivity index (χ3n) is 4.42. The number of methoxy groups -OCH3 is 1. The minimum absolute atomic E-state index is 0.327. The second-order valence-corrected chi connectivity index (χ2v) is 7.27. The fraction of sp³-hybridized carbons (Fsp3) is 0.300. The molecular formula is C20H22N2O2S. The molecule has 25 heavy (non-hydrogen) atoms. The normalized spacial score (nSPS) is 11.2. The Morgan fingerprint density at radius 1 is 1.20 bits per heavy atom. The first-order chi connectivity index (χ1) is 12.0. The van der Waals surface area contributed by atoms with Crippen LogP contribution < -0.4 is 0 Å². The van der Waals surface area contributed by atoms with E-state index < -0.39 is 0 Å². The van der Waals surface area contributed by atoms with Crippen molar-refractivity contribution < 1.29 is 9.53 Å². The Balaban J connectivity index is 1.99. The average molecular weight is 354 g/mol. The molecule has 0 N–H and O–H groups in total. The van der Waals surface area contributed by atoms with Crippen LogP contribution in [0.25, 0.3) is 10.9 Å². The van der Waals surface area contributed by atoms with E-state index in [9.17, 15) is 4.79 Å². The fourth-order valence-corrected chi connectivity index (χ4v) is 4.04. The first kappa shape index (κ1) is 17.6. The molecule has 0 saturated carbocycles. The highest BCUT2D eigenvalue weighted by atomic mass is 32.1. The Morgan fingerprint density at radius 2 is 1.96 bits per heavy atom.